The molecule has 0 aromatic carbocycles. The minimum atomic E-state index is -0.296. The maximum absolute atomic E-state index is 5.98. The van der Waals surface area contributed by atoms with E-state index in [0.29, 0.717) is 11.8 Å². The molecule has 2 bridgehead atoms. The molecule has 1 spiro atoms. The Kier molecular flexibility index (Phi) is 1.65. The van der Waals surface area contributed by atoms with E-state index in [0.717, 1.165) is 19.6 Å². The Morgan fingerprint density at radius 3 is 3.00 bits per heavy atom. The van der Waals surface area contributed by atoms with Crippen molar-refractivity contribution in [3.05, 3.63) is 17.5 Å². The van der Waals surface area contributed by atoms with E-state index in [9.17, 15) is 0 Å². The van der Waals surface area contributed by atoms with Crippen molar-refractivity contribution in [2.24, 2.45) is 13.0 Å². The van der Waals surface area contributed by atoms with Crippen LogP contribution in [0.2, 0.25) is 0 Å². The Balaban J connectivity index is 1.86. The molecule has 1 aromatic heterocycles. The van der Waals surface area contributed by atoms with E-state index in [2.05, 4.69) is 5.10 Å². The fourth-order valence-electron chi connectivity index (χ4n) is 3.81. The van der Waals surface area contributed by atoms with Gasteiger partial charge >= 0.3 is 0 Å². The molecule has 2 atom stereocenters. The summed E-state index contributed by atoms with van der Waals surface area (Å²) in [5, 5.41) is 4.38. The summed E-state index contributed by atoms with van der Waals surface area (Å²) in [5.41, 5.74) is 2.75. The van der Waals surface area contributed by atoms with Gasteiger partial charge in [0.1, 0.15) is 0 Å². The fraction of sp³-hybridized carbons (Fsp3) is 0.750. The van der Waals surface area contributed by atoms with Crippen LogP contribution in [0.4, 0.5) is 0 Å². The highest BCUT2D eigenvalue weighted by Gasteiger charge is 2.58. The fourth-order valence-corrected chi connectivity index (χ4v) is 3.81. The smallest absolute Gasteiger partial charge is 0.178 e. The lowest BCUT2D eigenvalue weighted by Crippen LogP contribution is -2.44. The molecule has 2 heterocycles. The lowest BCUT2D eigenvalue weighted by atomic mass is 9.81. The summed E-state index contributed by atoms with van der Waals surface area (Å²) in [7, 11) is 2.03. The summed E-state index contributed by atoms with van der Waals surface area (Å²) in [6.45, 7) is 1.51. The minimum Gasteiger partial charge on any atom is -0.347 e. The lowest BCUT2D eigenvalue weighted by molar-refractivity contribution is -0.196. The lowest BCUT2D eigenvalue weighted by Gasteiger charge is -2.38. The predicted octanol–water partition coefficient (Wildman–Crippen LogP) is 1.21. The minimum absolute atomic E-state index is 0.296. The quantitative estimate of drug-likeness (QED) is 0.659. The third-order valence-corrected chi connectivity index (χ3v) is 4.51. The van der Waals surface area contributed by atoms with E-state index in [-0.39, 0.29) is 5.79 Å². The standard InChI is InChI=1S/C12H16N2O2/c1-14-11-6-8-2-3-10(9(11)7-13-14)12(8)15-4-5-16-12/h7-8,10H,2-6H2,1H3/t8-,10-/m1/s1. The number of fused-ring (bicyclic) bond motifs is 2. The zero-order valence-electron chi connectivity index (χ0n) is 9.48. The van der Waals surface area contributed by atoms with E-state index in [1.807, 2.05) is 17.9 Å². The van der Waals surface area contributed by atoms with Gasteiger partial charge in [0.05, 0.1) is 19.4 Å². The molecule has 1 aliphatic heterocycles. The van der Waals surface area contributed by atoms with Crippen molar-refractivity contribution in [1.29, 1.82) is 0 Å². The van der Waals surface area contributed by atoms with Gasteiger partial charge in [-0.05, 0) is 19.3 Å². The van der Waals surface area contributed by atoms with Crippen LogP contribution in [0.15, 0.2) is 6.20 Å². The van der Waals surface area contributed by atoms with Crippen LogP contribution in [0.25, 0.3) is 0 Å². The number of rotatable bonds is 0. The van der Waals surface area contributed by atoms with E-state index >= 15 is 0 Å². The highest BCUT2D eigenvalue weighted by molar-refractivity contribution is 5.32. The number of hydrogen-bond acceptors (Lipinski definition) is 3. The molecule has 2 fully saturated rings. The van der Waals surface area contributed by atoms with Gasteiger partial charge in [0.25, 0.3) is 0 Å². The number of aryl methyl sites for hydroxylation is 1. The molecule has 4 nitrogen and oxygen atoms in total. The molecular formula is C12H16N2O2. The number of aromatic nitrogens is 2. The Labute approximate surface area is 94.5 Å². The summed E-state index contributed by atoms with van der Waals surface area (Å²) >= 11 is 0. The van der Waals surface area contributed by atoms with Crippen LogP contribution in [0, 0.1) is 5.92 Å². The first kappa shape index (κ1) is 9.19. The normalized spacial score (nSPS) is 34.6. The molecule has 0 unspecified atom stereocenters. The van der Waals surface area contributed by atoms with Gasteiger partial charge < -0.3 is 9.47 Å². The van der Waals surface area contributed by atoms with Gasteiger partial charge in [-0.15, -0.1) is 0 Å². The first-order valence-electron chi connectivity index (χ1n) is 6.10. The Bertz CT molecular complexity index is 434. The first-order valence-corrected chi connectivity index (χ1v) is 6.10. The third kappa shape index (κ3) is 0.908. The zero-order valence-corrected chi connectivity index (χ0v) is 9.48. The number of ether oxygens (including phenoxy) is 2. The Morgan fingerprint density at radius 2 is 2.19 bits per heavy atom. The molecule has 1 saturated carbocycles. The van der Waals surface area contributed by atoms with Crippen LogP contribution in [0.1, 0.15) is 30.0 Å². The molecule has 4 heteroatoms. The molecule has 0 amide bonds. The molecular weight excluding hydrogens is 204 g/mol. The molecule has 4 rings (SSSR count). The van der Waals surface area contributed by atoms with Crippen LogP contribution in [0.5, 0.6) is 0 Å². The molecule has 2 aliphatic carbocycles. The van der Waals surface area contributed by atoms with Gasteiger partial charge in [-0.25, -0.2) is 0 Å². The summed E-state index contributed by atoms with van der Waals surface area (Å²) in [5.74, 6) is 0.649. The maximum Gasteiger partial charge on any atom is 0.178 e. The zero-order chi connectivity index (χ0) is 10.8. The summed E-state index contributed by atoms with van der Waals surface area (Å²) in [6, 6.07) is 0. The van der Waals surface area contributed by atoms with Crippen molar-refractivity contribution in [2.75, 3.05) is 13.2 Å². The topological polar surface area (TPSA) is 36.3 Å². The first-order chi connectivity index (χ1) is 7.81. The second kappa shape index (κ2) is 2.87. The van der Waals surface area contributed by atoms with E-state index < -0.39 is 0 Å². The number of hydrogen-bond donors (Lipinski definition) is 0. The highest BCUT2D eigenvalue weighted by atomic mass is 16.7. The van der Waals surface area contributed by atoms with Crippen molar-refractivity contribution in [2.45, 2.75) is 31.0 Å². The average molecular weight is 220 g/mol. The SMILES string of the molecule is Cn1ncc2c1C[C@H]1CC[C@H]2C12OCCO2. The van der Waals surface area contributed by atoms with Crippen LogP contribution in [-0.2, 0) is 22.9 Å². The highest BCUT2D eigenvalue weighted by Crippen LogP contribution is 2.56. The number of nitrogens with zero attached hydrogens (tertiary/aromatic N) is 2. The van der Waals surface area contributed by atoms with Crippen LogP contribution < -0.4 is 0 Å². The van der Waals surface area contributed by atoms with Gasteiger partial charge in [0.15, 0.2) is 5.79 Å². The molecule has 86 valence electrons. The molecule has 0 radical (unpaired) electrons. The Hall–Kier alpha value is -0.870. The maximum atomic E-state index is 5.98. The largest absolute Gasteiger partial charge is 0.347 e. The average Bonchev–Trinajstić information content (AvgIpc) is 2.94. The predicted molar refractivity (Wildman–Crippen MR) is 57.0 cm³/mol. The summed E-state index contributed by atoms with van der Waals surface area (Å²) in [4.78, 5) is 0. The van der Waals surface area contributed by atoms with Gasteiger partial charge in [-0.2, -0.15) is 5.10 Å². The van der Waals surface area contributed by atoms with E-state index in [1.54, 1.807) is 0 Å². The third-order valence-electron chi connectivity index (χ3n) is 4.51. The van der Waals surface area contributed by atoms with Crippen molar-refractivity contribution in [1.82, 2.24) is 9.78 Å². The van der Waals surface area contributed by atoms with Gasteiger partial charge in [-0.1, -0.05) is 0 Å². The second-order valence-corrected chi connectivity index (χ2v) is 5.12. The van der Waals surface area contributed by atoms with Crippen molar-refractivity contribution < 1.29 is 9.47 Å². The van der Waals surface area contributed by atoms with Crippen molar-refractivity contribution in [3.8, 4) is 0 Å². The second-order valence-electron chi connectivity index (χ2n) is 5.12. The van der Waals surface area contributed by atoms with Crippen LogP contribution in [0.3, 0.4) is 0 Å². The van der Waals surface area contributed by atoms with Crippen molar-refractivity contribution in [3.63, 3.8) is 0 Å². The molecule has 16 heavy (non-hydrogen) atoms. The molecule has 1 saturated heterocycles. The molecule has 0 N–H and O–H groups in total. The van der Waals surface area contributed by atoms with Gasteiger partial charge in [-0.3, -0.25) is 4.68 Å². The summed E-state index contributed by atoms with van der Waals surface area (Å²) in [6.07, 6.45) is 5.47. The Morgan fingerprint density at radius 1 is 1.38 bits per heavy atom. The van der Waals surface area contributed by atoms with E-state index in [4.69, 9.17) is 9.47 Å². The van der Waals surface area contributed by atoms with Crippen LogP contribution in [-0.4, -0.2) is 28.8 Å². The van der Waals surface area contributed by atoms with Gasteiger partial charge in [0.2, 0.25) is 0 Å². The van der Waals surface area contributed by atoms with Crippen LogP contribution >= 0.6 is 0 Å². The monoisotopic (exact) mass is 220 g/mol. The molecule has 3 aliphatic rings. The van der Waals surface area contributed by atoms with E-state index in [1.165, 1.54) is 24.1 Å². The summed E-state index contributed by atoms with van der Waals surface area (Å²) < 4.78 is 14.0. The molecule has 1 aromatic rings. The van der Waals surface area contributed by atoms with Gasteiger partial charge in [0, 0.05) is 30.1 Å². The van der Waals surface area contributed by atoms with Crippen molar-refractivity contribution >= 4 is 0 Å².